The van der Waals surface area contributed by atoms with Gasteiger partial charge in [-0.3, -0.25) is 9.78 Å². The number of amides is 1. The number of ether oxygens (including phenoxy) is 1. The highest BCUT2D eigenvalue weighted by Gasteiger charge is 2.25. The van der Waals surface area contributed by atoms with Gasteiger partial charge in [0.2, 0.25) is 0 Å². The molecule has 184 valence electrons. The van der Waals surface area contributed by atoms with Crippen molar-refractivity contribution in [2.45, 2.75) is 52.2 Å². The summed E-state index contributed by atoms with van der Waals surface area (Å²) >= 11 is 6.10. The average Bonchev–Trinajstić information content (AvgIpc) is 2.78. The van der Waals surface area contributed by atoms with E-state index in [9.17, 15) is 9.59 Å². The molecule has 4 rings (SSSR count). The molecule has 10 heteroatoms. The van der Waals surface area contributed by atoms with Crippen molar-refractivity contribution < 1.29 is 14.3 Å². The maximum absolute atomic E-state index is 12.2. The van der Waals surface area contributed by atoms with E-state index in [-0.39, 0.29) is 11.8 Å². The summed E-state index contributed by atoms with van der Waals surface area (Å²) in [5.41, 5.74) is 2.27. The van der Waals surface area contributed by atoms with Crippen molar-refractivity contribution in [1.29, 1.82) is 0 Å². The van der Waals surface area contributed by atoms with E-state index in [0.717, 1.165) is 25.2 Å². The second kappa shape index (κ2) is 10.0. The minimum atomic E-state index is -0.536. The second-order valence-corrected chi connectivity index (χ2v) is 9.95. The number of aromatic nitrogens is 3. The molecule has 0 spiro atoms. The average molecular weight is 497 g/mol. The highest BCUT2D eigenvalue weighted by molar-refractivity contribution is 6.30. The number of rotatable bonds is 5. The number of alkyl carbamates (subject to hydrolysis) is 1. The number of piperidine rings is 1. The molecule has 0 radical (unpaired) electrons. The van der Waals surface area contributed by atoms with E-state index in [2.05, 4.69) is 30.5 Å². The summed E-state index contributed by atoms with van der Waals surface area (Å²) in [4.78, 5) is 39.8. The predicted molar refractivity (Wildman–Crippen MR) is 137 cm³/mol. The summed E-state index contributed by atoms with van der Waals surface area (Å²) in [5, 5.41) is 6.55. The van der Waals surface area contributed by atoms with Gasteiger partial charge in [0.1, 0.15) is 22.1 Å². The molecule has 3 aromatic rings. The lowest BCUT2D eigenvalue weighted by Gasteiger charge is -2.34. The molecule has 0 bridgehead atoms. The summed E-state index contributed by atoms with van der Waals surface area (Å²) in [6.07, 6.45) is 4.65. The SMILES string of the molecule is CC(=O)c1cnc2ccc(Cl)nc2c1Nc1ccc(N2CCC[C@@H](NC(=O)OC(C)(C)C)C2)nc1. The number of Topliss-reactive ketones (excluding diaryl/α,β-unsaturated/α-hetero) is 1. The molecular weight excluding hydrogens is 468 g/mol. The number of pyridine rings is 3. The fourth-order valence-electron chi connectivity index (χ4n) is 4.00. The van der Waals surface area contributed by atoms with Crippen LogP contribution < -0.4 is 15.5 Å². The first-order valence-electron chi connectivity index (χ1n) is 11.5. The number of halogens is 1. The molecule has 2 N–H and O–H groups in total. The molecule has 0 unspecified atom stereocenters. The normalized spacial score (nSPS) is 16.1. The van der Waals surface area contributed by atoms with Gasteiger partial charge in [0.15, 0.2) is 5.78 Å². The number of hydrogen-bond acceptors (Lipinski definition) is 8. The van der Waals surface area contributed by atoms with Crippen molar-refractivity contribution in [2.75, 3.05) is 23.3 Å². The fourth-order valence-corrected chi connectivity index (χ4v) is 4.15. The molecular formula is C25H29ClN6O3. The van der Waals surface area contributed by atoms with E-state index in [4.69, 9.17) is 16.3 Å². The Hall–Kier alpha value is -3.46. The second-order valence-electron chi connectivity index (χ2n) is 9.57. The van der Waals surface area contributed by atoms with Crippen LogP contribution >= 0.6 is 11.6 Å². The molecule has 4 heterocycles. The van der Waals surface area contributed by atoms with E-state index in [0.29, 0.717) is 39.7 Å². The Morgan fingerprint density at radius 2 is 1.94 bits per heavy atom. The van der Waals surface area contributed by atoms with Crippen molar-refractivity contribution in [1.82, 2.24) is 20.3 Å². The molecule has 1 aliphatic heterocycles. The summed E-state index contributed by atoms with van der Waals surface area (Å²) in [6, 6.07) is 7.21. The largest absolute Gasteiger partial charge is 0.444 e. The monoisotopic (exact) mass is 496 g/mol. The molecule has 1 aliphatic rings. The van der Waals surface area contributed by atoms with Gasteiger partial charge in [0.05, 0.1) is 28.7 Å². The molecule has 1 saturated heterocycles. The third-order valence-corrected chi connectivity index (χ3v) is 5.75. The van der Waals surface area contributed by atoms with Crippen LogP contribution in [0.4, 0.5) is 22.0 Å². The van der Waals surface area contributed by atoms with Crippen LogP contribution in [0, 0.1) is 0 Å². The third kappa shape index (κ3) is 6.16. The molecule has 0 aromatic carbocycles. The van der Waals surface area contributed by atoms with Crippen LogP contribution in [-0.4, -0.2) is 51.6 Å². The summed E-state index contributed by atoms with van der Waals surface area (Å²) in [7, 11) is 0. The van der Waals surface area contributed by atoms with Crippen LogP contribution in [0.25, 0.3) is 11.0 Å². The Labute approximate surface area is 209 Å². The van der Waals surface area contributed by atoms with Gasteiger partial charge in [-0.25, -0.2) is 14.8 Å². The third-order valence-electron chi connectivity index (χ3n) is 5.54. The zero-order valence-electron chi connectivity index (χ0n) is 20.3. The standard InChI is InChI=1S/C25H29ClN6O3/c1-15(33)18-13-27-19-8-9-20(26)31-23(19)22(18)29-16-7-10-21(28-12-16)32-11-5-6-17(14-32)30-24(34)35-25(2,3)4/h7-10,12-13,17H,5-6,11,14H2,1-4H3,(H,27,29)(H,30,34)/t17-/m1/s1. The van der Waals surface area contributed by atoms with E-state index < -0.39 is 11.7 Å². The maximum atomic E-state index is 12.2. The molecule has 3 aromatic heterocycles. The number of carbonyl (C=O) groups excluding carboxylic acids is 2. The van der Waals surface area contributed by atoms with Crippen LogP contribution in [0.2, 0.25) is 5.15 Å². The Morgan fingerprint density at radius 3 is 2.63 bits per heavy atom. The number of ketones is 1. The van der Waals surface area contributed by atoms with Crippen LogP contribution in [0.3, 0.4) is 0 Å². The molecule has 9 nitrogen and oxygen atoms in total. The van der Waals surface area contributed by atoms with Gasteiger partial charge in [-0.2, -0.15) is 0 Å². The first kappa shape index (κ1) is 24.7. The number of fused-ring (bicyclic) bond motifs is 1. The van der Waals surface area contributed by atoms with Crippen molar-refractivity contribution in [3.05, 3.63) is 47.4 Å². The smallest absolute Gasteiger partial charge is 0.407 e. The zero-order valence-corrected chi connectivity index (χ0v) is 21.0. The van der Waals surface area contributed by atoms with E-state index in [1.54, 1.807) is 18.3 Å². The summed E-state index contributed by atoms with van der Waals surface area (Å²) < 4.78 is 5.38. The number of nitrogens with one attached hydrogen (secondary N) is 2. The van der Waals surface area contributed by atoms with Gasteiger partial charge in [0.25, 0.3) is 0 Å². The lowest BCUT2D eigenvalue weighted by atomic mass is 10.1. The Bertz CT molecular complexity index is 1240. The van der Waals surface area contributed by atoms with E-state index >= 15 is 0 Å². The van der Waals surface area contributed by atoms with Gasteiger partial charge >= 0.3 is 6.09 Å². The van der Waals surface area contributed by atoms with Crippen molar-refractivity contribution in [3.63, 3.8) is 0 Å². The zero-order chi connectivity index (χ0) is 25.2. The molecule has 1 fully saturated rings. The fraction of sp³-hybridized carbons (Fsp3) is 0.400. The van der Waals surface area contributed by atoms with Crippen molar-refractivity contribution in [2.24, 2.45) is 0 Å². The number of anilines is 3. The van der Waals surface area contributed by atoms with E-state index in [1.165, 1.54) is 13.1 Å². The van der Waals surface area contributed by atoms with Crippen LogP contribution in [0.1, 0.15) is 50.9 Å². The highest BCUT2D eigenvalue weighted by atomic mass is 35.5. The summed E-state index contributed by atoms with van der Waals surface area (Å²) in [5.74, 6) is 0.670. The first-order valence-corrected chi connectivity index (χ1v) is 11.9. The predicted octanol–water partition coefficient (Wildman–Crippen LogP) is 5.12. The van der Waals surface area contributed by atoms with Gasteiger partial charge in [-0.05, 0) is 64.8 Å². The number of carbonyl (C=O) groups is 2. The lowest BCUT2D eigenvalue weighted by molar-refractivity contribution is 0.0499. The van der Waals surface area contributed by atoms with Crippen LogP contribution in [0.15, 0.2) is 36.7 Å². The molecule has 0 saturated carbocycles. The van der Waals surface area contributed by atoms with Gasteiger partial charge in [-0.15, -0.1) is 0 Å². The minimum absolute atomic E-state index is 0.0182. The topological polar surface area (TPSA) is 109 Å². The Kier molecular flexibility index (Phi) is 7.07. The highest BCUT2D eigenvalue weighted by Crippen LogP contribution is 2.30. The van der Waals surface area contributed by atoms with E-state index in [1.807, 2.05) is 32.9 Å². The Balaban J connectivity index is 1.50. The minimum Gasteiger partial charge on any atom is -0.444 e. The first-order chi connectivity index (χ1) is 16.6. The maximum Gasteiger partial charge on any atom is 0.407 e. The molecule has 35 heavy (non-hydrogen) atoms. The van der Waals surface area contributed by atoms with Gasteiger partial charge < -0.3 is 20.3 Å². The van der Waals surface area contributed by atoms with Crippen LogP contribution in [0.5, 0.6) is 0 Å². The van der Waals surface area contributed by atoms with Crippen molar-refractivity contribution >= 4 is 51.7 Å². The van der Waals surface area contributed by atoms with Gasteiger partial charge in [-0.1, -0.05) is 11.6 Å². The van der Waals surface area contributed by atoms with Gasteiger partial charge in [0, 0.05) is 25.3 Å². The number of hydrogen-bond donors (Lipinski definition) is 2. The Morgan fingerprint density at radius 1 is 1.14 bits per heavy atom. The quantitative estimate of drug-likeness (QED) is 0.370. The molecule has 1 amide bonds. The van der Waals surface area contributed by atoms with Crippen molar-refractivity contribution in [3.8, 4) is 0 Å². The lowest BCUT2D eigenvalue weighted by Crippen LogP contribution is -2.49. The summed E-state index contributed by atoms with van der Waals surface area (Å²) in [6.45, 7) is 8.51. The molecule has 0 aliphatic carbocycles. The van der Waals surface area contributed by atoms with Crippen LogP contribution in [-0.2, 0) is 4.74 Å². The number of nitrogens with zero attached hydrogens (tertiary/aromatic N) is 4. The molecule has 1 atom stereocenters.